The maximum atomic E-state index is 13.1. The average molecular weight is 579 g/mol. The molecule has 1 aliphatic heterocycles. The molecule has 4 aromatic carbocycles. The Balaban J connectivity index is 1.40. The molecule has 0 radical (unpaired) electrons. The van der Waals surface area contributed by atoms with Crippen molar-refractivity contribution >= 4 is 51.3 Å². The molecule has 0 saturated carbocycles. The lowest BCUT2D eigenvalue weighted by molar-refractivity contribution is -0.129. The van der Waals surface area contributed by atoms with Crippen LogP contribution in [0, 0.1) is 9.39 Å². The van der Waals surface area contributed by atoms with Crippen molar-refractivity contribution < 1.29 is 23.4 Å². The van der Waals surface area contributed by atoms with E-state index in [4.69, 9.17) is 14.2 Å². The van der Waals surface area contributed by atoms with Gasteiger partial charge in [0.15, 0.2) is 17.2 Å². The highest BCUT2D eigenvalue weighted by atomic mass is 127. The second kappa shape index (κ2) is 9.87. The van der Waals surface area contributed by atoms with Crippen LogP contribution in [0.5, 0.6) is 11.5 Å². The summed E-state index contributed by atoms with van der Waals surface area (Å²) in [6.07, 6.45) is 1.66. The van der Waals surface area contributed by atoms with E-state index in [0.29, 0.717) is 11.5 Å². The number of methoxy groups -OCH3 is 1. The third kappa shape index (κ3) is 5.05. The van der Waals surface area contributed by atoms with E-state index in [1.165, 1.54) is 12.1 Å². The molecule has 0 N–H and O–H groups in total. The van der Waals surface area contributed by atoms with E-state index in [-0.39, 0.29) is 24.0 Å². The molecule has 0 amide bonds. The fraction of sp³-hybridized carbons (Fsp3) is 0.0714. The topological polar surface area (TPSA) is 57.1 Å². The van der Waals surface area contributed by atoms with Crippen LogP contribution in [-0.2, 0) is 16.1 Å². The van der Waals surface area contributed by atoms with Gasteiger partial charge in [-0.05, 0) is 87.0 Å². The van der Waals surface area contributed by atoms with Gasteiger partial charge in [0.05, 0.1) is 10.7 Å². The molecule has 35 heavy (non-hydrogen) atoms. The molecule has 0 aliphatic carbocycles. The Kier molecular flexibility index (Phi) is 6.50. The fourth-order valence-corrected chi connectivity index (χ4v) is 4.49. The van der Waals surface area contributed by atoms with Crippen LogP contribution < -0.4 is 9.47 Å². The standard InChI is InChI=1S/C28H19FINO4/c1-33-25-14-18(12-23(30)26(25)34-16-17-6-10-22(29)11-7-17)13-24-28(32)35-27(31-24)21-9-8-19-4-2-3-5-20(19)15-21/h2-15H,16H2,1H3/b24-13-. The van der Waals surface area contributed by atoms with Gasteiger partial charge in [0.2, 0.25) is 5.90 Å². The quantitative estimate of drug-likeness (QED) is 0.148. The fourth-order valence-electron chi connectivity index (χ4n) is 3.71. The summed E-state index contributed by atoms with van der Waals surface area (Å²) in [5, 5.41) is 2.14. The van der Waals surface area contributed by atoms with E-state index in [1.54, 1.807) is 31.4 Å². The summed E-state index contributed by atoms with van der Waals surface area (Å²) in [5.74, 6) is 0.534. The van der Waals surface area contributed by atoms with Crippen molar-refractivity contribution in [3.63, 3.8) is 0 Å². The summed E-state index contributed by atoms with van der Waals surface area (Å²) in [6.45, 7) is 0.263. The monoisotopic (exact) mass is 579 g/mol. The van der Waals surface area contributed by atoms with Crippen LogP contribution in [0.2, 0.25) is 0 Å². The third-order valence-corrected chi connectivity index (χ3v) is 6.27. The van der Waals surface area contributed by atoms with Crippen LogP contribution in [0.4, 0.5) is 4.39 Å². The number of hydrogen-bond acceptors (Lipinski definition) is 5. The van der Waals surface area contributed by atoms with Crippen molar-refractivity contribution in [2.24, 2.45) is 4.99 Å². The van der Waals surface area contributed by atoms with Gasteiger partial charge in [-0.25, -0.2) is 14.2 Å². The summed E-state index contributed by atoms with van der Waals surface area (Å²) in [7, 11) is 1.55. The number of esters is 1. The van der Waals surface area contributed by atoms with E-state index < -0.39 is 5.97 Å². The molecule has 0 unspecified atom stereocenters. The Morgan fingerprint density at radius 1 is 1.00 bits per heavy atom. The second-order valence-corrected chi connectivity index (χ2v) is 9.01. The number of fused-ring (bicyclic) bond motifs is 1. The first-order valence-electron chi connectivity index (χ1n) is 10.8. The minimum atomic E-state index is -0.515. The number of benzene rings is 4. The molecule has 7 heteroatoms. The molecule has 1 heterocycles. The molecule has 1 aliphatic rings. The molecule has 0 fully saturated rings. The van der Waals surface area contributed by atoms with Gasteiger partial charge < -0.3 is 14.2 Å². The zero-order valence-corrected chi connectivity index (χ0v) is 20.8. The second-order valence-electron chi connectivity index (χ2n) is 7.85. The van der Waals surface area contributed by atoms with E-state index in [2.05, 4.69) is 27.6 Å². The predicted octanol–water partition coefficient (Wildman–Crippen LogP) is 6.52. The normalized spacial score (nSPS) is 14.2. The summed E-state index contributed by atoms with van der Waals surface area (Å²) in [6, 6.07) is 23.5. The van der Waals surface area contributed by atoms with E-state index in [9.17, 15) is 9.18 Å². The molecule has 0 aromatic heterocycles. The predicted molar refractivity (Wildman–Crippen MR) is 141 cm³/mol. The number of ether oxygens (including phenoxy) is 3. The van der Waals surface area contributed by atoms with Crippen LogP contribution >= 0.6 is 22.6 Å². The van der Waals surface area contributed by atoms with Crippen LogP contribution in [-0.4, -0.2) is 19.0 Å². The number of cyclic esters (lactones) is 1. The first-order chi connectivity index (χ1) is 17.0. The highest BCUT2D eigenvalue weighted by Gasteiger charge is 2.24. The van der Waals surface area contributed by atoms with E-state index in [1.807, 2.05) is 48.5 Å². The van der Waals surface area contributed by atoms with Crippen LogP contribution in [0.1, 0.15) is 16.7 Å². The summed E-state index contributed by atoms with van der Waals surface area (Å²) < 4.78 is 30.9. The lowest BCUT2D eigenvalue weighted by Gasteiger charge is -2.14. The minimum absolute atomic E-state index is 0.200. The zero-order valence-electron chi connectivity index (χ0n) is 18.6. The molecule has 0 bridgehead atoms. The van der Waals surface area contributed by atoms with Crippen molar-refractivity contribution in [3.05, 3.63) is 111 Å². The van der Waals surface area contributed by atoms with Gasteiger partial charge in [-0.15, -0.1) is 0 Å². The zero-order chi connectivity index (χ0) is 24.4. The van der Waals surface area contributed by atoms with Crippen molar-refractivity contribution in [2.75, 3.05) is 7.11 Å². The van der Waals surface area contributed by atoms with Crippen molar-refractivity contribution in [1.29, 1.82) is 0 Å². The van der Waals surface area contributed by atoms with Crippen molar-refractivity contribution in [2.45, 2.75) is 6.61 Å². The third-order valence-electron chi connectivity index (χ3n) is 5.47. The minimum Gasteiger partial charge on any atom is -0.493 e. The lowest BCUT2D eigenvalue weighted by atomic mass is 10.1. The van der Waals surface area contributed by atoms with Crippen LogP contribution in [0.25, 0.3) is 16.8 Å². The van der Waals surface area contributed by atoms with Gasteiger partial charge in [0.1, 0.15) is 12.4 Å². The Labute approximate surface area is 215 Å². The molecule has 5 nitrogen and oxygen atoms in total. The first-order valence-corrected chi connectivity index (χ1v) is 11.8. The first kappa shape index (κ1) is 23.0. The highest BCUT2D eigenvalue weighted by Crippen LogP contribution is 2.35. The maximum absolute atomic E-state index is 13.1. The number of carbonyl (C=O) groups is 1. The van der Waals surface area contributed by atoms with Crippen LogP contribution in [0.15, 0.2) is 89.6 Å². The largest absolute Gasteiger partial charge is 0.493 e. The van der Waals surface area contributed by atoms with Crippen LogP contribution in [0.3, 0.4) is 0 Å². The van der Waals surface area contributed by atoms with Gasteiger partial charge in [-0.2, -0.15) is 0 Å². The van der Waals surface area contributed by atoms with Crippen molar-refractivity contribution in [3.8, 4) is 11.5 Å². The Hall–Kier alpha value is -3.72. The van der Waals surface area contributed by atoms with Gasteiger partial charge >= 0.3 is 5.97 Å². The van der Waals surface area contributed by atoms with Gasteiger partial charge in [-0.1, -0.05) is 42.5 Å². The summed E-state index contributed by atoms with van der Waals surface area (Å²) in [4.78, 5) is 17.0. The number of rotatable bonds is 6. The molecule has 4 aromatic rings. The Morgan fingerprint density at radius 2 is 1.77 bits per heavy atom. The summed E-state index contributed by atoms with van der Waals surface area (Å²) >= 11 is 2.15. The molecular formula is C28H19FINO4. The number of halogens is 2. The van der Waals surface area contributed by atoms with E-state index in [0.717, 1.165) is 31.0 Å². The lowest BCUT2D eigenvalue weighted by Crippen LogP contribution is -2.05. The maximum Gasteiger partial charge on any atom is 0.363 e. The van der Waals surface area contributed by atoms with Gasteiger partial charge in [0, 0.05) is 5.56 Å². The summed E-state index contributed by atoms with van der Waals surface area (Å²) in [5.41, 5.74) is 2.48. The number of hydrogen-bond donors (Lipinski definition) is 0. The molecule has 5 rings (SSSR count). The Morgan fingerprint density at radius 3 is 2.54 bits per heavy atom. The number of nitrogens with zero attached hydrogens (tertiary/aromatic N) is 1. The average Bonchev–Trinajstić information content (AvgIpc) is 3.23. The number of aliphatic imine (C=N–C) groups is 1. The molecule has 174 valence electrons. The molecule has 0 spiro atoms. The van der Waals surface area contributed by atoms with E-state index >= 15 is 0 Å². The molecular weight excluding hydrogens is 560 g/mol. The molecule has 0 atom stereocenters. The highest BCUT2D eigenvalue weighted by molar-refractivity contribution is 14.1. The van der Waals surface area contributed by atoms with Crippen molar-refractivity contribution in [1.82, 2.24) is 0 Å². The Bertz CT molecular complexity index is 1500. The molecule has 0 saturated heterocycles. The number of carbonyl (C=O) groups excluding carboxylic acids is 1. The smallest absolute Gasteiger partial charge is 0.363 e. The van der Waals surface area contributed by atoms with Gasteiger partial charge in [-0.3, -0.25) is 0 Å². The van der Waals surface area contributed by atoms with Gasteiger partial charge in [0.25, 0.3) is 0 Å². The SMILES string of the molecule is COc1cc(/C=C2\N=C(c3ccc4ccccc4c3)OC2=O)cc(I)c1OCc1ccc(F)cc1.